The van der Waals surface area contributed by atoms with Gasteiger partial charge in [0.25, 0.3) is 5.56 Å². The highest BCUT2D eigenvalue weighted by atomic mass is 19.1. The number of fused-ring (bicyclic) bond motifs is 2. The zero-order chi connectivity index (χ0) is 20.1. The molecule has 3 aromatic heterocycles. The Bertz CT molecular complexity index is 1290. The van der Waals surface area contributed by atoms with Gasteiger partial charge in [0, 0.05) is 42.5 Å². The van der Waals surface area contributed by atoms with E-state index in [1.165, 1.54) is 6.07 Å². The molecule has 0 saturated carbocycles. The Labute approximate surface area is 167 Å². The van der Waals surface area contributed by atoms with Crippen molar-refractivity contribution in [3.63, 3.8) is 0 Å². The Hall–Kier alpha value is -3.06. The van der Waals surface area contributed by atoms with Crippen LogP contribution in [0.3, 0.4) is 0 Å². The van der Waals surface area contributed by atoms with Crippen LogP contribution in [0.2, 0.25) is 0 Å². The fourth-order valence-electron chi connectivity index (χ4n) is 4.31. The van der Waals surface area contributed by atoms with E-state index in [4.69, 9.17) is 0 Å². The van der Waals surface area contributed by atoms with Gasteiger partial charge in [0.1, 0.15) is 5.52 Å². The minimum atomic E-state index is -0.379. The summed E-state index contributed by atoms with van der Waals surface area (Å²) in [4.78, 5) is 17.7. The van der Waals surface area contributed by atoms with Gasteiger partial charge >= 0.3 is 0 Å². The minimum Gasteiger partial charge on any atom is -0.314 e. The van der Waals surface area contributed by atoms with Crippen LogP contribution in [0.25, 0.3) is 33.1 Å². The SMILES string of the molecule is C[C@H]1C[C@@H](n2ccc3nc(-c4cc(F)c5nn(C)cc5c4)ccc3c2=O)CCN1. The molecule has 0 spiro atoms. The van der Waals surface area contributed by atoms with Crippen molar-refractivity contribution in [3.8, 4) is 11.3 Å². The van der Waals surface area contributed by atoms with Crippen LogP contribution >= 0.6 is 0 Å². The van der Waals surface area contributed by atoms with Gasteiger partial charge in [0.2, 0.25) is 0 Å². The lowest BCUT2D eigenvalue weighted by molar-refractivity contribution is 0.309. The summed E-state index contributed by atoms with van der Waals surface area (Å²) in [5.41, 5.74) is 2.25. The van der Waals surface area contributed by atoms with Gasteiger partial charge in [-0.25, -0.2) is 9.37 Å². The summed E-state index contributed by atoms with van der Waals surface area (Å²) in [7, 11) is 1.77. The van der Waals surface area contributed by atoms with Crippen molar-refractivity contribution in [1.82, 2.24) is 24.6 Å². The molecular weight excluding hydrogens is 369 g/mol. The van der Waals surface area contributed by atoms with E-state index in [-0.39, 0.29) is 17.4 Å². The lowest BCUT2D eigenvalue weighted by Crippen LogP contribution is -2.39. The molecule has 1 aliphatic rings. The summed E-state index contributed by atoms with van der Waals surface area (Å²) in [5.74, 6) is -0.379. The fraction of sp³-hybridized carbons (Fsp3) is 0.318. The summed E-state index contributed by atoms with van der Waals surface area (Å²) >= 11 is 0. The maximum absolute atomic E-state index is 14.5. The highest BCUT2D eigenvalue weighted by molar-refractivity contribution is 5.86. The molecule has 1 aliphatic heterocycles. The Morgan fingerprint density at radius 3 is 2.93 bits per heavy atom. The topological polar surface area (TPSA) is 64.7 Å². The third-order valence-corrected chi connectivity index (χ3v) is 5.74. The first-order chi connectivity index (χ1) is 14.0. The van der Waals surface area contributed by atoms with Crippen LogP contribution in [-0.4, -0.2) is 31.9 Å². The van der Waals surface area contributed by atoms with Gasteiger partial charge in [-0.1, -0.05) is 0 Å². The zero-order valence-corrected chi connectivity index (χ0v) is 16.4. The van der Waals surface area contributed by atoms with Crippen LogP contribution in [0.5, 0.6) is 0 Å². The van der Waals surface area contributed by atoms with E-state index in [1.54, 1.807) is 30.1 Å². The number of piperidine rings is 1. The highest BCUT2D eigenvalue weighted by Crippen LogP contribution is 2.27. The van der Waals surface area contributed by atoms with Gasteiger partial charge in [-0.05, 0) is 56.6 Å². The maximum Gasteiger partial charge on any atom is 0.260 e. The molecule has 1 saturated heterocycles. The molecule has 0 unspecified atom stereocenters. The third kappa shape index (κ3) is 3.11. The summed E-state index contributed by atoms with van der Waals surface area (Å²) in [6.07, 6.45) is 5.49. The molecule has 148 valence electrons. The number of benzene rings is 1. The fourth-order valence-corrected chi connectivity index (χ4v) is 4.31. The van der Waals surface area contributed by atoms with Gasteiger partial charge < -0.3 is 9.88 Å². The number of nitrogens with zero attached hydrogens (tertiary/aromatic N) is 4. The molecule has 1 aromatic carbocycles. The van der Waals surface area contributed by atoms with Gasteiger partial charge in [0.15, 0.2) is 5.82 Å². The van der Waals surface area contributed by atoms with Crippen LogP contribution < -0.4 is 10.9 Å². The number of nitrogens with one attached hydrogen (secondary N) is 1. The number of aromatic nitrogens is 4. The first-order valence-corrected chi connectivity index (χ1v) is 9.88. The van der Waals surface area contributed by atoms with Crippen LogP contribution in [0.1, 0.15) is 25.8 Å². The Kier molecular flexibility index (Phi) is 4.20. The Morgan fingerprint density at radius 1 is 1.24 bits per heavy atom. The van der Waals surface area contributed by atoms with Crippen molar-refractivity contribution in [1.29, 1.82) is 0 Å². The van der Waals surface area contributed by atoms with Crippen LogP contribution in [0.15, 0.2) is 47.5 Å². The third-order valence-electron chi connectivity index (χ3n) is 5.74. The van der Waals surface area contributed by atoms with Gasteiger partial charge in [0.05, 0.1) is 16.6 Å². The van der Waals surface area contributed by atoms with E-state index < -0.39 is 0 Å². The average Bonchev–Trinajstić information content (AvgIpc) is 3.09. The molecular formula is C22H22FN5O. The molecule has 0 aliphatic carbocycles. The number of aryl methyl sites for hydroxylation is 1. The van der Waals surface area contributed by atoms with Crippen molar-refractivity contribution in [2.24, 2.45) is 7.05 Å². The quantitative estimate of drug-likeness (QED) is 0.569. The minimum absolute atomic E-state index is 0.0189. The van der Waals surface area contributed by atoms with Gasteiger partial charge in [-0.15, -0.1) is 0 Å². The second-order valence-electron chi connectivity index (χ2n) is 7.89. The molecule has 1 N–H and O–H groups in total. The summed E-state index contributed by atoms with van der Waals surface area (Å²) in [6, 6.07) is 9.38. The first kappa shape index (κ1) is 18.0. The molecule has 0 bridgehead atoms. The molecule has 2 atom stereocenters. The van der Waals surface area contributed by atoms with E-state index in [0.717, 1.165) is 24.8 Å². The van der Waals surface area contributed by atoms with E-state index in [1.807, 2.05) is 22.9 Å². The second kappa shape index (κ2) is 6.77. The van der Waals surface area contributed by atoms with Crippen molar-refractivity contribution >= 4 is 21.8 Å². The molecule has 4 aromatic rings. The maximum atomic E-state index is 14.5. The van der Waals surface area contributed by atoms with E-state index >= 15 is 0 Å². The summed E-state index contributed by atoms with van der Waals surface area (Å²) in [6.45, 7) is 3.06. The molecule has 6 nitrogen and oxygen atoms in total. The number of pyridine rings is 2. The van der Waals surface area contributed by atoms with Gasteiger partial charge in [-0.3, -0.25) is 9.48 Å². The number of hydrogen-bond acceptors (Lipinski definition) is 4. The molecule has 5 rings (SSSR count). The van der Waals surface area contributed by atoms with Crippen LogP contribution in [0, 0.1) is 5.82 Å². The molecule has 0 amide bonds. The Morgan fingerprint density at radius 2 is 2.10 bits per heavy atom. The number of hydrogen-bond donors (Lipinski definition) is 1. The molecule has 1 fully saturated rings. The van der Waals surface area contributed by atoms with E-state index in [2.05, 4.69) is 22.3 Å². The Balaban J connectivity index is 1.58. The predicted molar refractivity (Wildman–Crippen MR) is 111 cm³/mol. The largest absolute Gasteiger partial charge is 0.314 e. The predicted octanol–water partition coefficient (Wildman–Crippen LogP) is 3.40. The van der Waals surface area contributed by atoms with Crippen LogP contribution in [-0.2, 0) is 7.05 Å². The average molecular weight is 391 g/mol. The lowest BCUT2D eigenvalue weighted by Gasteiger charge is -2.29. The normalized spacial score (nSPS) is 19.8. The van der Waals surface area contributed by atoms with Crippen molar-refractivity contribution in [2.75, 3.05) is 6.54 Å². The standard InChI is InChI=1S/C22H22FN5O/c1-13-9-16(5-7-24-13)28-8-6-20-17(22(28)29)3-4-19(25-20)14-10-15-12-27(2)26-21(15)18(23)11-14/h3-4,6,8,10-13,16,24H,5,7,9H2,1-2H3/t13-,16-/m0/s1. The van der Waals surface area contributed by atoms with Gasteiger partial charge in [-0.2, -0.15) is 5.10 Å². The molecule has 7 heteroatoms. The second-order valence-corrected chi connectivity index (χ2v) is 7.89. The van der Waals surface area contributed by atoms with Crippen LogP contribution in [0.4, 0.5) is 4.39 Å². The van der Waals surface area contributed by atoms with Crippen molar-refractivity contribution in [2.45, 2.75) is 31.8 Å². The number of halogens is 1. The van der Waals surface area contributed by atoms with E-state index in [9.17, 15) is 9.18 Å². The van der Waals surface area contributed by atoms with E-state index in [0.29, 0.717) is 33.7 Å². The zero-order valence-electron chi connectivity index (χ0n) is 16.4. The molecule has 4 heterocycles. The highest BCUT2D eigenvalue weighted by Gasteiger charge is 2.21. The smallest absolute Gasteiger partial charge is 0.260 e. The molecule has 0 radical (unpaired) electrons. The number of rotatable bonds is 2. The lowest BCUT2D eigenvalue weighted by atomic mass is 10.00. The first-order valence-electron chi connectivity index (χ1n) is 9.88. The summed E-state index contributed by atoms with van der Waals surface area (Å²) < 4.78 is 17.9. The summed E-state index contributed by atoms with van der Waals surface area (Å²) in [5, 5.41) is 8.87. The molecule has 29 heavy (non-hydrogen) atoms. The van der Waals surface area contributed by atoms with Crippen molar-refractivity contribution < 1.29 is 4.39 Å². The monoisotopic (exact) mass is 391 g/mol. The van der Waals surface area contributed by atoms with Crippen molar-refractivity contribution in [3.05, 3.63) is 58.9 Å².